The lowest BCUT2D eigenvalue weighted by atomic mass is 10.1. The normalized spacial score (nSPS) is 9.53. The van der Waals surface area contributed by atoms with Crippen LogP contribution in [0.4, 0.5) is 10.5 Å². The first-order valence-corrected chi connectivity index (χ1v) is 4.87. The quantitative estimate of drug-likeness (QED) is 0.798. The highest BCUT2D eigenvalue weighted by Crippen LogP contribution is 2.28. The van der Waals surface area contributed by atoms with E-state index in [4.69, 9.17) is 4.74 Å². The Morgan fingerprint density at radius 3 is 2.73 bits per heavy atom. The first-order chi connectivity index (χ1) is 7.22. The second-order valence-electron chi connectivity index (χ2n) is 3.06. The lowest BCUT2D eigenvalue weighted by Crippen LogP contribution is -2.24. The second-order valence-corrected chi connectivity index (χ2v) is 3.06. The van der Waals surface area contributed by atoms with E-state index >= 15 is 0 Å². The molecule has 0 spiro atoms. The molecule has 0 bridgehead atoms. The van der Waals surface area contributed by atoms with Crippen molar-refractivity contribution in [2.45, 2.75) is 13.3 Å². The molecule has 0 aromatic heterocycles. The third-order valence-electron chi connectivity index (χ3n) is 2.16. The summed E-state index contributed by atoms with van der Waals surface area (Å²) in [7, 11) is 3.18. The maximum atomic E-state index is 11.2. The molecule has 4 heteroatoms. The molecule has 15 heavy (non-hydrogen) atoms. The van der Waals surface area contributed by atoms with E-state index in [2.05, 4.69) is 10.6 Å². The summed E-state index contributed by atoms with van der Waals surface area (Å²) >= 11 is 0. The van der Waals surface area contributed by atoms with E-state index in [0.717, 1.165) is 17.7 Å². The second kappa shape index (κ2) is 5.24. The van der Waals surface area contributed by atoms with Gasteiger partial charge in [0.2, 0.25) is 0 Å². The summed E-state index contributed by atoms with van der Waals surface area (Å²) in [4.78, 5) is 11.2. The van der Waals surface area contributed by atoms with Crippen molar-refractivity contribution in [1.29, 1.82) is 0 Å². The number of carbonyl (C=O) groups excluding carboxylic acids is 1. The number of rotatable bonds is 3. The predicted octanol–water partition coefficient (Wildman–Crippen LogP) is 2.01. The van der Waals surface area contributed by atoms with Gasteiger partial charge in [0, 0.05) is 7.05 Å². The number of para-hydroxylation sites is 1. The molecular formula is C11H16N2O2. The smallest absolute Gasteiger partial charge is 0.319 e. The largest absolute Gasteiger partial charge is 0.494 e. The number of anilines is 1. The fourth-order valence-electron chi connectivity index (χ4n) is 1.39. The molecule has 1 aromatic rings. The molecule has 0 atom stereocenters. The number of ether oxygens (including phenoxy) is 1. The van der Waals surface area contributed by atoms with Crippen molar-refractivity contribution in [2.75, 3.05) is 19.5 Å². The van der Waals surface area contributed by atoms with Gasteiger partial charge in [-0.2, -0.15) is 0 Å². The zero-order valence-electron chi connectivity index (χ0n) is 9.26. The Balaban J connectivity index is 3.00. The van der Waals surface area contributed by atoms with Gasteiger partial charge < -0.3 is 15.4 Å². The molecule has 2 amide bonds. The maximum absolute atomic E-state index is 11.2. The predicted molar refractivity (Wildman–Crippen MR) is 60.5 cm³/mol. The number of carbonyl (C=O) groups is 1. The molecule has 0 saturated heterocycles. The van der Waals surface area contributed by atoms with Crippen molar-refractivity contribution >= 4 is 11.7 Å². The molecule has 0 aliphatic heterocycles. The fourth-order valence-corrected chi connectivity index (χ4v) is 1.39. The summed E-state index contributed by atoms with van der Waals surface area (Å²) < 4.78 is 5.27. The van der Waals surface area contributed by atoms with Gasteiger partial charge in [-0.1, -0.05) is 19.1 Å². The van der Waals surface area contributed by atoms with E-state index in [-0.39, 0.29) is 6.03 Å². The van der Waals surface area contributed by atoms with E-state index in [1.807, 2.05) is 25.1 Å². The molecule has 0 unspecified atom stereocenters. The molecule has 0 saturated carbocycles. The molecule has 2 N–H and O–H groups in total. The molecule has 0 aliphatic carbocycles. The average Bonchev–Trinajstić information content (AvgIpc) is 2.28. The van der Waals surface area contributed by atoms with Gasteiger partial charge in [0.05, 0.1) is 12.8 Å². The molecule has 0 aliphatic rings. The topological polar surface area (TPSA) is 50.4 Å². The molecular weight excluding hydrogens is 192 g/mol. The number of aryl methyl sites for hydroxylation is 1. The van der Waals surface area contributed by atoms with Gasteiger partial charge in [-0.05, 0) is 18.1 Å². The summed E-state index contributed by atoms with van der Waals surface area (Å²) in [5.41, 5.74) is 1.77. The highest BCUT2D eigenvalue weighted by atomic mass is 16.5. The van der Waals surface area contributed by atoms with Crippen LogP contribution in [-0.2, 0) is 6.42 Å². The van der Waals surface area contributed by atoms with E-state index in [1.165, 1.54) is 0 Å². The molecule has 0 heterocycles. The Morgan fingerprint density at radius 1 is 1.47 bits per heavy atom. The lowest BCUT2D eigenvalue weighted by molar-refractivity contribution is 0.254. The Labute approximate surface area is 89.6 Å². The number of nitrogens with one attached hydrogen (secondary N) is 2. The Morgan fingerprint density at radius 2 is 2.20 bits per heavy atom. The lowest BCUT2D eigenvalue weighted by Gasteiger charge is -2.12. The van der Waals surface area contributed by atoms with Crippen LogP contribution in [0.1, 0.15) is 12.5 Å². The average molecular weight is 208 g/mol. The van der Waals surface area contributed by atoms with Gasteiger partial charge in [0.25, 0.3) is 0 Å². The Bertz CT molecular complexity index is 350. The molecule has 4 nitrogen and oxygen atoms in total. The summed E-state index contributed by atoms with van der Waals surface area (Å²) in [6.45, 7) is 2.04. The molecule has 82 valence electrons. The minimum absolute atomic E-state index is 0.249. The molecule has 1 rings (SSSR count). The van der Waals surface area contributed by atoms with E-state index in [9.17, 15) is 4.79 Å². The van der Waals surface area contributed by atoms with Crippen LogP contribution in [0.15, 0.2) is 18.2 Å². The summed E-state index contributed by atoms with van der Waals surface area (Å²) in [6, 6.07) is 5.44. The SMILES string of the molecule is CCc1cccc(NC(=O)NC)c1OC. The van der Waals surface area contributed by atoms with Crippen LogP contribution in [0.25, 0.3) is 0 Å². The standard InChI is InChI=1S/C11H16N2O2/c1-4-8-6-5-7-9(10(8)15-3)13-11(14)12-2/h5-7H,4H2,1-3H3,(H2,12,13,14). The van der Waals surface area contributed by atoms with E-state index in [0.29, 0.717) is 5.69 Å². The molecule has 0 fully saturated rings. The third kappa shape index (κ3) is 2.62. The number of hydrogen-bond donors (Lipinski definition) is 2. The van der Waals surface area contributed by atoms with Crippen LogP contribution in [-0.4, -0.2) is 20.2 Å². The van der Waals surface area contributed by atoms with Crippen LogP contribution < -0.4 is 15.4 Å². The summed E-state index contributed by atoms with van der Waals surface area (Å²) in [5, 5.41) is 5.21. The number of amides is 2. The zero-order valence-corrected chi connectivity index (χ0v) is 9.26. The van der Waals surface area contributed by atoms with Gasteiger partial charge in [-0.25, -0.2) is 4.79 Å². The van der Waals surface area contributed by atoms with Crippen LogP contribution >= 0.6 is 0 Å². The summed E-state index contributed by atoms with van der Waals surface area (Å²) in [6.07, 6.45) is 0.867. The number of hydrogen-bond acceptors (Lipinski definition) is 2. The first kappa shape index (κ1) is 11.4. The highest BCUT2D eigenvalue weighted by Gasteiger charge is 2.09. The third-order valence-corrected chi connectivity index (χ3v) is 2.16. The highest BCUT2D eigenvalue weighted by molar-refractivity contribution is 5.91. The molecule has 1 aromatic carbocycles. The minimum atomic E-state index is -0.249. The van der Waals surface area contributed by atoms with E-state index < -0.39 is 0 Å². The van der Waals surface area contributed by atoms with E-state index in [1.54, 1.807) is 14.2 Å². The number of urea groups is 1. The van der Waals surface area contributed by atoms with Crippen LogP contribution in [0, 0.1) is 0 Å². The minimum Gasteiger partial charge on any atom is -0.494 e. The van der Waals surface area contributed by atoms with Crippen molar-refractivity contribution in [3.05, 3.63) is 23.8 Å². The van der Waals surface area contributed by atoms with Gasteiger partial charge in [-0.3, -0.25) is 0 Å². The van der Waals surface area contributed by atoms with Gasteiger partial charge in [0.1, 0.15) is 5.75 Å². The van der Waals surface area contributed by atoms with Crippen molar-refractivity contribution in [1.82, 2.24) is 5.32 Å². The maximum Gasteiger partial charge on any atom is 0.319 e. The van der Waals surface area contributed by atoms with Gasteiger partial charge in [0.15, 0.2) is 0 Å². The van der Waals surface area contributed by atoms with Crippen molar-refractivity contribution in [2.24, 2.45) is 0 Å². The Kier molecular flexibility index (Phi) is 3.97. The monoisotopic (exact) mass is 208 g/mol. The summed E-state index contributed by atoms with van der Waals surface area (Å²) in [5.74, 6) is 0.726. The molecule has 0 radical (unpaired) electrons. The zero-order chi connectivity index (χ0) is 11.3. The Hall–Kier alpha value is -1.71. The fraction of sp³-hybridized carbons (Fsp3) is 0.364. The number of methoxy groups -OCH3 is 1. The van der Waals surface area contributed by atoms with Crippen LogP contribution in [0.5, 0.6) is 5.75 Å². The van der Waals surface area contributed by atoms with Gasteiger partial charge in [-0.15, -0.1) is 0 Å². The first-order valence-electron chi connectivity index (χ1n) is 4.87. The number of benzene rings is 1. The van der Waals surface area contributed by atoms with Crippen molar-refractivity contribution < 1.29 is 9.53 Å². The van der Waals surface area contributed by atoms with Crippen molar-refractivity contribution in [3.63, 3.8) is 0 Å². The van der Waals surface area contributed by atoms with Crippen LogP contribution in [0.2, 0.25) is 0 Å². The van der Waals surface area contributed by atoms with Crippen molar-refractivity contribution in [3.8, 4) is 5.75 Å². The van der Waals surface area contributed by atoms with Gasteiger partial charge >= 0.3 is 6.03 Å². The van der Waals surface area contributed by atoms with Crippen LogP contribution in [0.3, 0.4) is 0 Å².